The fourth-order valence-corrected chi connectivity index (χ4v) is 1.67. The molecule has 3 N–H and O–H groups in total. The van der Waals surface area contributed by atoms with Gasteiger partial charge in [-0.25, -0.2) is 0 Å². The molecule has 1 aromatic rings. The monoisotopic (exact) mass is 220 g/mol. The van der Waals surface area contributed by atoms with Crippen LogP contribution in [-0.4, -0.2) is 18.5 Å². The molecule has 3 heteroatoms. The molecule has 0 aliphatic heterocycles. The molecule has 0 saturated heterocycles. The van der Waals surface area contributed by atoms with Gasteiger partial charge in [0.15, 0.2) is 0 Å². The van der Waals surface area contributed by atoms with Crippen molar-refractivity contribution in [2.24, 2.45) is 5.73 Å². The van der Waals surface area contributed by atoms with Crippen molar-refractivity contribution in [1.82, 2.24) is 5.32 Å². The summed E-state index contributed by atoms with van der Waals surface area (Å²) in [5, 5.41) is 2.89. The van der Waals surface area contributed by atoms with Gasteiger partial charge in [-0.05, 0) is 26.3 Å². The van der Waals surface area contributed by atoms with Crippen LogP contribution in [0.15, 0.2) is 24.3 Å². The smallest absolute Gasteiger partial charge is 0.229 e. The molecule has 0 aliphatic rings. The first kappa shape index (κ1) is 12.7. The number of nitrogens with one attached hydrogen (secondary N) is 1. The highest BCUT2D eigenvalue weighted by Crippen LogP contribution is 2.16. The molecular formula is C13H20N2O. The fourth-order valence-electron chi connectivity index (χ4n) is 1.67. The van der Waals surface area contributed by atoms with Crippen molar-refractivity contribution in [3.63, 3.8) is 0 Å². The maximum Gasteiger partial charge on any atom is 0.229 e. The van der Waals surface area contributed by atoms with Crippen LogP contribution >= 0.6 is 0 Å². The summed E-state index contributed by atoms with van der Waals surface area (Å²) >= 11 is 0. The molecule has 1 amide bonds. The zero-order valence-electron chi connectivity index (χ0n) is 10.2. The van der Waals surface area contributed by atoms with Crippen LogP contribution in [-0.2, 0) is 4.79 Å². The van der Waals surface area contributed by atoms with Gasteiger partial charge in [-0.15, -0.1) is 0 Å². The third-order valence-electron chi connectivity index (χ3n) is 2.43. The quantitative estimate of drug-likeness (QED) is 0.809. The van der Waals surface area contributed by atoms with Crippen LogP contribution in [0.2, 0.25) is 0 Å². The molecule has 0 spiro atoms. The second-order valence-corrected chi connectivity index (χ2v) is 4.37. The molecule has 16 heavy (non-hydrogen) atoms. The topological polar surface area (TPSA) is 55.1 Å². The molecule has 1 rings (SSSR count). The molecule has 0 aromatic heterocycles. The van der Waals surface area contributed by atoms with Gasteiger partial charge in [-0.2, -0.15) is 0 Å². The van der Waals surface area contributed by atoms with Crippen molar-refractivity contribution in [2.75, 3.05) is 6.54 Å². The third kappa shape index (κ3) is 3.35. The van der Waals surface area contributed by atoms with Crippen LogP contribution in [0, 0.1) is 6.92 Å². The predicted octanol–water partition coefficient (Wildman–Crippen LogP) is 1.56. The maximum absolute atomic E-state index is 11.9. The van der Waals surface area contributed by atoms with Crippen molar-refractivity contribution < 1.29 is 4.79 Å². The Kier molecular flexibility index (Phi) is 4.50. The summed E-state index contributed by atoms with van der Waals surface area (Å²) in [5.74, 6) is -0.245. The minimum atomic E-state index is -0.248. The number of carbonyl (C=O) groups is 1. The van der Waals surface area contributed by atoms with E-state index in [0.717, 1.165) is 11.1 Å². The minimum absolute atomic E-state index is 0.00287. The number of nitrogens with two attached hydrogens (primary N) is 1. The normalized spacial score (nSPS) is 12.6. The Balaban J connectivity index is 2.85. The molecule has 1 unspecified atom stereocenters. The molecule has 0 fully saturated rings. The number of amides is 1. The zero-order chi connectivity index (χ0) is 12.1. The molecule has 1 aromatic carbocycles. The second kappa shape index (κ2) is 5.66. The predicted molar refractivity (Wildman–Crippen MR) is 66.3 cm³/mol. The lowest BCUT2D eigenvalue weighted by molar-refractivity contribution is -0.122. The van der Waals surface area contributed by atoms with E-state index in [1.807, 2.05) is 45.0 Å². The lowest BCUT2D eigenvalue weighted by atomic mass is 9.96. The van der Waals surface area contributed by atoms with Gasteiger partial charge < -0.3 is 11.1 Å². The first-order chi connectivity index (χ1) is 7.54. The number of hydrogen-bond acceptors (Lipinski definition) is 2. The summed E-state index contributed by atoms with van der Waals surface area (Å²) in [6, 6.07) is 8.07. The minimum Gasteiger partial charge on any atom is -0.353 e. The highest BCUT2D eigenvalue weighted by molar-refractivity contribution is 5.84. The van der Waals surface area contributed by atoms with Gasteiger partial charge >= 0.3 is 0 Å². The molecular weight excluding hydrogens is 200 g/mol. The summed E-state index contributed by atoms with van der Waals surface area (Å²) in [5.41, 5.74) is 7.80. The highest BCUT2D eigenvalue weighted by Gasteiger charge is 2.19. The molecule has 0 saturated carbocycles. The van der Waals surface area contributed by atoms with Gasteiger partial charge in [-0.1, -0.05) is 29.8 Å². The van der Waals surface area contributed by atoms with Gasteiger partial charge in [0.25, 0.3) is 0 Å². The molecule has 88 valence electrons. The van der Waals surface area contributed by atoms with E-state index in [2.05, 4.69) is 5.32 Å². The summed E-state index contributed by atoms with van der Waals surface area (Å²) in [7, 11) is 0. The van der Waals surface area contributed by atoms with Crippen LogP contribution in [0.1, 0.15) is 30.9 Å². The van der Waals surface area contributed by atoms with E-state index in [-0.39, 0.29) is 17.9 Å². The Labute approximate surface area is 97.0 Å². The average molecular weight is 220 g/mol. The Bertz CT molecular complexity index is 361. The number of carbonyl (C=O) groups excluding carboxylic acids is 1. The van der Waals surface area contributed by atoms with E-state index in [1.165, 1.54) is 0 Å². The van der Waals surface area contributed by atoms with Crippen LogP contribution in [0.3, 0.4) is 0 Å². The average Bonchev–Trinajstić information content (AvgIpc) is 2.17. The van der Waals surface area contributed by atoms with Crippen molar-refractivity contribution in [3.8, 4) is 0 Å². The Morgan fingerprint density at radius 3 is 2.62 bits per heavy atom. The molecule has 0 radical (unpaired) electrons. The Hall–Kier alpha value is -1.35. The van der Waals surface area contributed by atoms with E-state index < -0.39 is 0 Å². The van der Waals surface area contributed by atoms with Gasteiger partial charge in [0, 0.05) is 12.6 Å². The van der Waals surface area contributed by atoms with E-state index in [9.17, 15) is 4.79 Å². The number of rotatable bonds is 4. The van der Waals surface area contributed by atoms with Gasteiger partial charge in [0.05, 0.1) is 5.92 Å². The van der Waals surface area contributed by atoms with Gasteiger partial charge in [-0.3, -0.25) is 4.79 Å². The van der Waals surface area contributed by atoms with Crippen molar-refractivity contribution in [1.29, 1.82) is 0 Å². The van der Waals surface area contributed by atoms with Gasteiger partial charge in [0.2, 0.25) is 5.91 Å². The summed E-state index contributed by atoms with van der Waals surface area (Å²) in [6.07, 6.45) is 0. The summed E-state index contributed by atoms with van der Waals surface area (Å²) < 4.78 is 0. The lowest BCUT2D eigenvalue weighted by Crippen LogP contribution is -2.37. The number of aryl methyl sites for hydroxylation is 1. The largest absolute Gasteiger partial charge is 0.353 e. The number of benzene rings is 1. The summed E-state index contributed by atoms with van der Waals surface area (Å²) in [4.78, 5) is 11.9. The first-order valence-corrected chi connectivity index (χ1v) is 5.61. The van der Waals surface area contributed by atoms with E-state index in [4.69, 9.17) is 5.73 Å². The van der Waals surface area contributed by atoms with E-state index in [1.54, 1.807) is 0 Å². The lowest BCUT2D eigenvalue weighted by Gasteiger charge is -2.17. The summed E-state index contributed by atoms with van der Waals surface area (Å²) in [6.45, 7) is 6.24. The Morgan fingerprint density at radius 2 is 2.12 bits per heavy atom. The zero-order valence-corrected chi connectivity index (χ0v) is 10.2. The van der Waals surface area contributed by atoms with E-state index >= 15 is 0 Å². The van der Waals surface area contributed by atoms with Crippen molar-refractivity contribution in [2.45, 2.75) is 32.7 Å². The third-order valence-corrected chi connectivity index (χ3v) is 2.43. The maximum atomic E-state index is 11.9. The Morgan fingerprint density at radius 1 is 1.44 bits per heavy atom. The van der Waals surface area contributed by atoms with Gasteiger partial charge in [0.1, 0.15) is 0 Å². The fraction of sp³-hybridized carbons (Fsp3) is 0.462. The molecule has 0 aliphatic carbocycles. The van der Waals surface area contributed by atoms with Crippen LogP contribution < -0.4 is 11.1 Å². The van der Waals surface area contributed by atoms with Crippen molar-refractivity contribution >= 4 is 5.91 Å². The van der Waals surface area contributed by atoms with Crippen LogP contribution in [0.25, 0.3) is 0 Å². The van der Waals surface area contributed by atoms with Crippen LogP contribution in [0.4, 0.5) is 0 Å². The molecule has 3 nitrogen and oxygen atoms in total. The van der Waals surface area contributed by atoms with E-state index in [0.29, 0.717) is 6.54 Å². The number of hydrogen-bond donors (Lipinski definition) is 2. The first-order valence-electron chi connectivity index (χ1n) is 5.61. The molecule has 0 bridgehead atoms. The standard InChI is InChI=1S/C13H20N2O/c1-9(2)15-13(16)12(8-14)11-6-4-5-10(3)7-11/h4-7,9,12H,8,14H2,1-3H3,(H,15,16). The SMILES string of the molecule is Cc1cccc(C(CN)C(=O)NC(C)C)c1. The molecule has 1 atom stereocenters. The van der Waals surface area contributed by atoms with Crippen LogP contribution in [0.5, 0.6) is 0 Å². The highest BCUT2D eigenvalue weighted by atomic mass is 16.1. The second-order valence-electron chi connectivity index (χ2n) is 4.37. The molecule has 0 heterocycles. The van der Waals surface area contributed by atoms with Crippen molar-refractivity contribution in [3.05, 3.63) is 35.4 Å².